The van der Waals surface area contributed by atoms with Crippen molar-refractivity contribution in [2.24, 2.45) is 0 Å². The quantitative estimate of drug-likeness (QED) is 0.219. The van der Waals surface area contributed by atoms with Crippen LogP contribution in [0, 0.1) is 0 Å². The van der Waals surface area contributed by atoms with Gasteiger partial charge in [0, 0.05) is 6.08 Å². The average molecular weight is 316 g/mol. The summed E-state index contributed by atoms with van der Waals surface area (Å²) in [6, 6.07) is 0. The van der Waals surface area contributed by atoms with Gasteiger partial charge >= 0.3 is 29.8 Å². The fourth-order valence-corrected chi connectivity index (χ4v) is 1.01. The lowest BCUT2D eigenvalue weighted by Crippen LogP contribution is -2.42. The van der Waals surface area contributed by atoms with Crippen molar-refractivity contribution in [3.05, 3.63) is 12.7 Å². The van der Waals surface area contributed by atoms with Gasteiger partial charge in [0.05, 0.1) is 13.5 Å². The van der Waals surface area contributed by atoms with E-state index >= 15 is 0 Å². The smallest absolute Gasteiger partial charge is 0.377 e. The van der Waals surface area contributed by atoms with Crippen LogP contribution >= 0.6 is 0 Å². The molecule has 0 amide bonds. The van der Waals surface area contributed by atoms with E-state index in [4.69, 9.17) is 0 Å². The molecule has 0 aromatic heterocycles. The van der Waals surface area contributed by atoms with E-state index in [1.165, 1.54) is 0 Å². The molecule has 0 aliphatic rings. The number of methoxy groups -OCH3 is 1. The molecule has 0 saturated carbocycles. The molecule has 0 aromatic rings. The topological polar surface area (TPSA) is 78.9 Å². The molecule has 0 aliphatic carbocycles. The number of carbonyl (C=O) groups is 3. The summed E-state index contributed by atoms with van der Waals surface area (Å²) < 4.78 is 64.2. The molecule has 0 atom stereocenters. The standard InChI is InChI=1S/C11H12F4O6/c1-3-7(16)20-4-5-21-9(18)11(14,15)6-10(12,13)8(17)19-2/h3H,1,4-6H2,2H3. The molecule has 0 radical (unpaired) electrons. The Morgan fingerprint density at radius 3 is 1.95 bits per heavy atom. The first-order chi connectivity index (χ1) is 9.56. The number of rotatable bonds is 8. The first-order valence-electron chi connectivity index (χ1n) is 5.37. The number of halogens is 4. The van der Waals surface area contributed by atoms with Crippen molar-refractivity contribution >= 4 is 17.9 Å². The van der Waals surface area contributed by atoms with Gasteiger partial charge < -0.3 is 14.2 Å². The van der Waals surface area contributed by atoms with Gasteiger partial charge in [-0.25, -0.2) is 14.4 Å². The second-order valence-electron chi connectivity index (χ2n) is 3.58. The Bertz CT molecular complexity index is 421. The van der Waals surface area contributed by atoms with E-state index in [1.807, 2.05) is 0 Å². The van der Waals surface area contributed by atoms with Crippen LogP contribution in [-0.4, -0.2) is 50.1 Å². The molecule has 0 fully saturated rings. The molecule has 0 heterocycles. The lowest BCUT2D eigenvalue weighted by Gasteiger charge is -2.19. The molecule has 0 aromatic carbocycles. The molecule has 6 nitrogen and oxygen atoms in total. The SMILES string of the molecule is C=CC(=O)OCCOC(=O)C(F)(F)CC(F)(F)C(=O)OC. The zero-order chi connectivity index (χ0) is 16.7. The Morgan fingerprint density at radius 2 is 1.48 bits per heavy atom. The fraction of sp³-hybridized carbons (Fsp3) is 0.545. The van der Waals surface area contributed by atoms with Crippen LogP contribution in [0.4, 0.5) is 17.6 Å². The summed E-state index contributed by atoms with van der Waals surface area (Å²) in [5, 5.41) is 0. The number of hydrogen-bond donors (Lipinski definition) is 0. The molecule has 0 spiro atoms. The van der Waals surface area contributed by atoms with Crippen LogP contribution in [0.25, 0.3) is 0 Å². The van der Waals surface area contributed by atoms with Crippen LogP contribution in [-0.2, 0) is 28.6 Å². The largest absolute Gasteiger partial charge is 0.465 e. The molecule has 0 bridgehead atoms. The highest BCUT2D eigenvalue weighted by Gasteiger charge is 2.54. The predicted molar refractivity (Wildman–Crippen MR) is 58.6 cm³/mol. The van der Waals surface area contributed by atoms with Gasteiger partial charge in [-0.3, -0.25) is 0 Å². The van der Waals surface area contributed by atoms with Gasteiger partial charge in [0.1, 0.15) is 13.2 Å². The minimum atomic E-state index is -4.61. The van der Waals surface area contributed by atoms with Crippen molar-refractivity contribution in [2.45, 2.75) is 18.3 Å². The maximum Gasteiger partial charge on any atom is 0.377 e. The lowest BCUT2D eigenvalue weighted by atomic mass is 10.1. The maximum atomic E-state index is 13.2. The number of ether oxygens (including phenoxy) is 3. The molecular weight excluding hydrogens is 304 g/mol. The van der Waals surface area contributed by atoms with E-state index in [-0.39, 0.29) is 0 Å². The van der Waals surface area contributed by atoms with Gasteiger partial charge in [-0.2, -0.15) is 17.6 Å². The van der Waals surface area contributed by atoms with Gasteiger partial charge in [0.2, 0.25) is 0 Å². The third-order valence-electron chi connectivity index (χ3n) is 1.95. The van der Waals surface area contributed by atoms with Crippen LogP contribution in [0.1, 0.15) is 6.42 Å². The van der Waals surface area contributed by atoms with Gasteiger partial charge in [0.25, 0.3) is 0 Å². The lowest BCUT2D eigenvalue weighted by molar-refractivity contribution is -0.195. The first kappa shape index (κ1) is 18.9. The molecule has 10 heteroatoms. The average Bonchev–Trinajstić information content (AvgIpc) is 2.40. The molecular formula is C11H12F4O6. The van der Waals surface area contributed by atoms with Crippen LogP contribution < -0.4 is 0 Å². The van der Waals surface area contributed by atoms with Crippen molar-refractivity contribution < 1.29 is 46.2 Å². The van der Waals surface area contributed by atoms with Gasteiger partial charge in [-0.1, -0.05) is 6.58 Å². The molecule has 0 unspecified atom stereocenters. The Labute approximate surface area is 116 Å². The van der Waals surface area contributed by atoms with E-state index in [0.717, 1.165) is 6.08 Å². The summed E-state index contributed by atoms with van der Waals surface area (Å²) in [5.41, 5.74) is 0. The van der Waals surface area contributed by atoms with Crippen molar-refractivity contribution in [2.75, 3.05) is 20.3 Å². The number of esters is 3. The van der Waals surface area contributed by atoms with Gasteiger partial charge in [-0.05, 0) is 0 Å². The second kappa shape index (κ2) is 7.60. The third-order valence-corrected chi connectivity index (χ3v) is 1.95. The Hall–Kier alpha value is -2.13. The van der Waals surface area contributed by atoms with Crippen LogP contribution in [0.3, 0.4) is 0 Å². The third kappa shape index (κ3) is 6.23. The molecule has 0 rings (SSSR count). The Kier molecular flexibility index (Phi) is 6.83. The summed E-state index contributed by atoms with van der Waals surface area (Å²) in [5.74, 6) is -14.5. The normalized spacial score (nSPS) is 11.5. The summed E-state index contributed by atoms with van der Waals surface area (Å²) in [7, 11) is 0.584. The first-order valence-corrected chi connectivity index (χ1v) is 5.37. The summed E-state index contributed by atoms with van der Waals surface area (Å²) in [6.45, 7) is 1.73. The van der Waals surface area contributed by atoms with Crippen molar-refractivity contribution in [1.82, 2.24) is 0 Å². The van der Waals surface area contributed by atoms with Crippen molar-refractivity contribution in [3.63, 3.8) is 0 Å². The highest BCUT2D eigenvalue weighted by molar-refractivity contribution is 5.82. The van der Waals surface area contributed by atoms with E-state index in [0.29, 0.717) is 7.11 Å². The minimum Gasteiger partial charge on any atom is -0.465 e. The Balaban J connectivity index is 4.43. The van der Waals surface area contributed by atoms with Crippen LogP contribution in [0.15, 0.2) is 12.7 Å². The van der Waals surface area contributed by atoms with Crippen LogP contribution in [0.2, 0.25) is 0 Å². The van der Waals surface area contributed by atoms with Crippen molar-refractivity contribution in [3.8, 4) is 0 Å². The highest BCUT2D eigenvalue weighted by Crippen LogP contribution is 2.32. The zero-order valence-electron chi connectivity index (χ0n) is 10.9. The number of alkyl halides is 4. The van der Waals surface area contributed by atoms with Gasteiger partial charge in [-0.15, -0.1) is 0 Å². The maximum absolute atomic E-state index is 13.2. The molecule has 21 heavy (non-hydrogen) atoms. The fourth-order valence-electron chi connectivity index (χ4n) is 1.01. The van der Waals surface area contributed by atoms with Crippen LogP contribution in [0.5, 0.6) is 0 Å². The summed E-state index contributed by atoms with van der Waals surface area (Å²) in [4.78, 5) is 32.1. The number of hydrogen-bond acceptors (Lipinski definition) is 6. The molecule has 120 valence electrons. The van der Waals surface area contributed by atoms with E-state index in [2.05, 4.69) is 20.8 Å². The molecule has 0 saturated heterocycles. The number of carbonyl (C=O) groups excluding carboxylic acids is 3. The summed E-state index contributed by atoms with van der Waals surface area (Å²) in [6.07, 6.45) is -1.61. The minimum absolute atomic E-state index is 0.555. The molecule has 0 aliphatic heterocycles. The second-order valence-corrected chi connectivity index (χ2v) is 3.58. The van der Waals surface area contributed by atoms with Gasteiger partial charge in [0.15, 0.2) is 0 Å². The zero-order valence-corrected chi connectivity index (χ0v) is 10.9. The molecule has 0 N–H and O–H groups in total. The van der Waals surface area contributed by atoms with Crippen molar-refractivity contribution in [1.29, 1.82) is 0 Å². The monoisotopic (exact) mass is 316 g/mol. The van der Waals surface area contributed by atoms with E-state index in [1.54, 1.807) is 0 Å². The highest BCUT2D eigenvalue weighted by atomic mass is 19.3. The predicted octanol–water partition coefficient (Wildman–Crippen LogP) is 1.09. The van der Waals surface area contributed by atoms with E-state index < -0.39 is 49.4 Å². The van der Waals surface area contributed by atoms with E-state index in [9.17, 15) is 31.9 Å². The Morgan fingerprint density at radius 1 is 1.00 bits per heavy atom. The summed E-state index contributed by atoms with van der Waals surface area (Å²) >= 11 is 0.